The molecule has 0 bridgehead atoms. The number of carbonyl (C=O) groups excluding carboxylic acids is 1. The molecule has 2 atom stereocenters. The predicted octanol–water partition coefficient (Wildman–Crippen LogP) is 0.806. The van der Waals surface area contributed by atoms with Crippen LogP contribution in [0.2, 0.25) is 0 Å². The van der Waals surface area contributed by atoms with E-state index in [1.54, 1.807) is 11.1 Å². The van der Waals surface area contributed by atoms with E-state index in [1.807, 2.05) is 19.5 Å². The Bertz CT molecular complexity index is 581. The molecule has 7 heteroatoms. The molecule has 1 saturated heterocycles. The van der Waals surface area contributed by atoms with Crippen LogP contribution in [-0.2, 0) is 4.79 Å². The Kier molecular flexibility index (Phi) is 3.35. The van der Waals surface area contributed by atoms with Crippen LogP contribution in [0, 0.1) is 5.92 Å². The monoisotopic (exact) mass is 339 g/mol. The topological polar surface area (TPSA) is 65.3 Å². The van der Waals surface area contributed by atoms with Gasteiger partial charge in [0, 0.05) is 34.9 Å². The highest BCUT2D eigenvalue weighted by atomic mass is 79.9. The number of fused-ring (bicyclic) bond motifs is 1. The summed E-state index contributed by atoms with van der Waals surface area (Å²) in [6, 6.07) is 0. The van der Waals surface area contributed by atoms with Gasteiger partial charge in [0.1, 0.15) is 18.5 Å². The number of likely N-dealkylation sites (tertiary alicyclic amines) is 1. The number of hydrogen-bond acceptors (Lipinski definition) is 4. The molecule has 0 aliphatic carbocycles. The average Bonchev–Trinajstić information content (AvgIpc) is 3.02. The lowest BCUT2D eigenvalue weighted by Gasteiger charge is -2.25. The lowest BCUT2D eigenvalue weighted by atomic mass is 10.0. The Balaban J connectivity index is 1.88. The number of aliphatic hydroxyl groups is 1. The molecule has 3 rings (SSSR count). The van der Waals surface area contributed by atoms with Crippen LogP contribution >= 0.6 is 15.9 Å². The second-order valence-corrected chi connectivity index (χ2v) is 6.00. The summed E-state index contributed by atoms with van der Waals surface area (Å²) in [4.78, 5) is 22.1. The number of aliphatic hydroxyl groups excluding tert-OH is 1. The van der Waals surface area contributed by atoms with Crippen molar-refractivity contribution in [3.63, 3.8) is 0 Å². The van der Waals surface area contributed by atoms with Crippen LogP contribution in [0.4, 0.5) is 0 Å². The van der Waals surface area contributed by atoms with Crippen LogP contribution < -0.4 is 0 Å². The highest BCUT2D eigenvalue weighted by Gasteiger charge is 2.44. The molecular weight excluding hydrogens is 324 g/mol. The predicted molar refractivity (Wildman–Crippen MR) is 79.0 cm³/mol. The summed E-state index contributed by atoms with van der Waals surface area (Å²) >= 11 is 3.53. The molecule has 3 aliphatic heterocycles. The van der Waals surface area contributed by atoms with E-state index in [-0.39, 0.29) is 11.8 Å². The maximum Gasteiger partial charge on any atom is 0.281 e. The van der Waals surface area contributed by atoms with E-state index in [2.05, 4.69) is 25.9 Å². The SMILES string of the molecule is C[N+]12C=CN=CC1=C(C1CCN(C(=O)CO)C1)N=C2Br. The summed E-state index contributed by atoms with van der Waals surface area (Å²) in [6.07, 6.45) is 6.44. The molecule has 1 amide bonds. The first-order chi connectivity index (χ1) is 9.56. The highest BCUT2D eigenvalue weighted by Crippen LogP contribution is 2.38. The van der Waals surface area contributed by atoms with E-state index in [1.165, 1.54) is 0 Å². The van der Waals surface area contributed by atoms with E-state index in [0.29, 0.717) is 17.6 Å². The number of rotatable bonds is 2. The summed E-state index contributed by atoms with van der Waals surface area (Å²) < 4.78 is 1.32. The van der Waals surface area contributed by atoms with Crippen molar-refractivity contribution in [1.82, 2.24) is 4.90 Å². The number of carbonyl (C=O) groups is 1. The molecule has 0 aromatic heterocycles. The van der Waals surface area contributed by atoms with E-state index >= 15 is 0 Å². The first kappa shape index (κ1) is 13.7. The number of amidine groups is 1. The quantitative estimate of drug-likeness (QED) is 0.597. The van der Waals surface area contributed by atoms with Crippen molar-refractivity contribution in [1.29, 1.82) is 0 Å². The third-order valence-electron chi connectivity index (χ3n) is 4.07. The van der Waals surface area contributed by atoms with E-state index in [9.17, 15) is 4.79 Å². The maximum absolute atomic E-state index is 11.6. The number of halogens is 1. The Labute approximate surface area is 125 Å². The van der Waals surface area contributed by atoms with Crippen LogP contribution in [0.3, 0.4) is 0 Å². The van der Waals surface area contributed by atoms with Gasteiger partial charge in [-0.15, -0.1) is 0 Å². The van der Waals surface area contributed by atoms with Crippen LogP contribution in [0.1, 0.15) is 6.42 Å². The minimum atomic E-state index is -0.427. The zero-order chi connectivity index (χ0) is 14.3. The highest BCUT2D eigenvalue weighted by molar-refractivity contribution is 9.18. The largest absolute Gasteiger partial charge is 0.387 e. The normalized spacial score (nSPS) is 31.9. The first-order valence-electron chi connectivity index (χ1n) is 6.51. The molecule has 0 aromatic rings. The zero-order valence-electron chi connectivity index (χ0n) is 11.2. The van der Waals surface area contributed by atoms with E-state index < -0.39 is 6.61 Å². The third kappa shape index (κ3) is 1.97. The molecule has 0 radical (unpaired) electrons. The second kappa shape index (κ2) is 4.91. The molecule has 0 spiro atoms. The molecule has 3 heterocycles. The number of quaternary nitrogens is 1. The standard InChI is InChI=1S/C13H16BrN4O2/c1-18-5-3-15-6-10(18)12(16-13(18)14)9-2-4-17(7-9)11(20)8-19/h3,5-6,9,19H,2,4,7-8H2,1H3/q+1. The van der Waals surface area contributed by atoms with Gasteiger partial charge < -0.3 is 10.0 Å². The summed E-state index contributed by atoms with van der Waals surface area (Å²) in [5.74, 6) is -0.0143. The molecule has 1 fully saturated rings. The Hall–Kier alpha value is -1.31. The number of amides is 1. The lowest BCUT2D eigenvalue weighted by Crippen LogP contribution is -2.39. The van der Waals surface area contributed by atoms with Crippen LogP contribution in [0.25, 0.3) is 0 Å². The molecule has 0 saturated carbocycles. The summed E-state index contributed by atoms with van der Waals surface area (Å²) in [5.41, 5.74) is 2.03. The third-order valence-corrected chi connectivity index (χ3v) is 4.98. The Morgan fingerprint density at radius 2 is 2.45 bits per heavy atom. The van der Waals surface area contributed by atoms with Crippen molar-refractivity contribution >= 4 is 32.8 Å². The average molecular weight is 340 g/mol. The molecule has 2 unspecified atom stereocenters. The van der Waals surface area contributed by atoms with Gasteiger partial charge in [0.15, 0.2) is 5.70 Å². The number of nitrogens with zero attached hydrogens (tertiary/aromatic N) is 4. The molecule has 106 valence electrons. The van der Waals surface area contributed by atoms with Gasteiger partial charge >= 0.3 is 0 Å². The van der Waals surface area contributed by atoms with Crippen molar-refractivity contribution in [2.24, 2.45) is 15.9 Å². The fourth-order valence-corrected chi connectivity index (χ4v) is 3.32. The number of allylic oxidation sites excluding steroid dienone is 1. The van der Waals surface area contributed by atoms with E-state index in [4.69, 9.17) is 5.11 Å². The second-order valence-electron chi connectivity index (χ2n) is 5.29. The minimum absolute atomic E-state index is 0.200. The van der Waals surface area contributed by atoms with Gasteiger partial charge in [-0.05, 0) is 6.42 Å². The Morgan fingerprint density at radius 3 is 3.20 bits per heavy atom. The van der Waals surface area contributed by atoms with E-state index in [0.717, 1.165) is 22.6 Å². The molecule has 1 N–H and O–H groups in total. The van der Waals surface area contributed by atoms with Gasteiger partial charge in [0.05, 0.1) is 19.5 Å². The first-order valence-corrected chi connectivity index (χ1v) is 7.31. The fraction of sp³-hybridized carbons (Fsp3) is 0.462. The minimum Gasteiger partial charge on any atom is -0.387 e. The van der Waals surface area contributed by atoms with Crippen LogP contribution in [0.15, 0.2) is 33.8 Å². The van der Waals surface area contributed by atoms with Crippen molar-refractivity contribution in [2.45, 2.75) is 6.42 Å². The van der Waals surface area contributed by atoms with Crippen LogP contribution in [-0.4, -0.2) is 58.1 Å². The molecule has 3 aliphatic rings. The zero-order valence-corrected chi connectivity index (χ0v) is 12.7. The molecule has 20 heavy (non-hydrogen) atoms. The van der Waals surface area contributed by atoms with Crippen LogP contribution in [0.5, 0.6) is 0 Å². The van der Waals surface area contributed by atoms with Gasteiger partial charge in [-0.2, -0.15) is 4.99 Å². The maximum atomic E-state index is 11.6. The van der Waals surface area contributed by atoms with Gasteiger partial charge in [-0.3, -0.25) is 9.79 Å². The van der Waals surface area contributed by atoms with Crippen molar-refractivity contribution in [3.8, 4) is 0 Å². The summed E-state index contributed by atoms with van der Waals surface area (Å²) in [5, 5.41) is 8.95. The lowest BCUT2D eigenvalue weighted by molar-refractivity contribution is -0.709. The number of aliphatic imine (C=N–C) groups is 2. The molecule has 0 aromatic carbocycles. The van der Waals surface area contributed by atoms with Crippen molar-refractivity contribution in [3.05, 3.63) is 23.8 Å². The smallest absolute Gasteiger partial charge is 0.281 e. The molecule has 6 nitrogen and oxygen atoms in total. The summed E-state index contributed by atoms with van der Waals surface area (Å²) in [6.45, 7) is 0.855. The van der Waals surface area contributed by atoms with Gasteiger partial charge in [0.2, 0.25) is 5.91 Å². The fourth-order valence-electron chi connectivity index (χ4n) is 2.82. The molecular formula is C13H16BrN4O2+. The van der Waals surface area contributed by atoms with Gasteiger partial charge in [-0.25, -0.2) is 4.48 Å². The van der Waals surface area contributed by atoms with Gasteiger partial charge in [-0.1, -0.05) is 0 Å². The Morgan fingerprint density at radius 1 is 1.65 bits per heavy atom. The summed E-state index contributed by atoms with van der Waals surface area (Å²) in [7, 11) is 2.04. The number of hydrogen-bond donors (Lipinski definition) is 1. The van der Waals surface area contributed by atoms with Crippen molar-refractivity contribution in [2.75, 3.05) is 26.7 Å². The van der Waals surface area contributed by atoms with Gasteiger partial charge in [0.25, 0.3) is 4.74 Å². The van der Waals surface area contributed by atoms with Crippen molar-refractivity contribution < 1.29 is 14.4 Å².